The number of nitrogens with zero attached hydrogens (tertiary/aromatic N) is 2. The zero-order valence-corrected chi connectivity index (χ0v) is 10.2. The van der Waals surface area contributed by atoms with Gasteiger partial charge in [0.15, 0.2) is 0 Å². The predicted molar refractivity (Wildman–Crippen MR) is 67.4 cm³/mol. The number of alkyl halides is 1. The number of thiophene rings is 1. The lowest BCUT2D eigenvalue weighted by Gasteiger charge is -2.06. The van der Waals surface area contributed by atoms with Gasteiger partial charge < -0.3 is 10.1 Å². The fourth-order valence-corrected chi connectivity index (χ4v) is 2.17. The van der Waals surface area contributed by atoms with Crippen LogP contribution in [0.25, 0.3) is 10.2 Å². The van der Waals surface area contributed by atoms with Crippen molar-refractivity contribution in [1.82, 2.24) is 9.97 Å². The minimum Gasteiger partial charge on any atom is -0.378 e. The van der Waals surface area contributed by atoms with Gasteiger partial charge in [-0.15, -0.1) is 22.9 Å². The van der Waals surface area contributed by atoms with Crippen LogP contribution in [0.15, 0.2) is 17.8 Å². The number of aromatic nitrogens is 2. The van der Waals surface area contributed by atoms with Crippen LogP contribution in [0.5, 0.6) is 0 Å². The summed E-state index contributed by atoms with van der Waals surface area (Å²) in [7, 11) is 0. The Morgan fingerprint density at radius 1 is 1.38 bits per heavy atom. The highest BCUT2D eigenvalue weighted by Crippen LogP contribution is 2.23. The maximum absolute atomic E-state index is 5.50. The Balaban J connectivity index is 1.91. The highest BCUT2D eigenvalue weighted by Gasteiger charge is 2.03. The topological polar surface area (TPSA) is 47.0 Å². The van der Waals surface area contributed by atoms with Gasteiger partial charge in [-0.3, -0.25) is 0 Å². The lowest BCUT2D eigenvalue weighted by molar-refractivity contribution is 0.160. The standard InChI is InChI=1S/C10H12ClN3OS/c11-2-4-15-5-3-12-9-8-1-6-16-10(8)14-7-13-9/h1,6-7H,2-5H2,(H,12,13,14). The van der Waals surface area contributed by atoms with Gasteiger partial charge >= 0.3 is 0 Å². The average Bonchev–Trinajstić information content (AvgIpc) is 2.77. The molecule has 0 bridgehead atoms. The molecule has 0 radical (unpaired) electrons. The lowest BCUT2D eigenvalue weighted by Crippen LogP contribution is -2.11. The maximum Gasteiger partial charge on any atom is 0.138 e. The van der Waals surface area contributed by atoms with Crippen molar-refractivity contribution in [2.24, 2.45) is 0 Å². The summed E-state index contributed by atoms with van der Waals surface area (Å²) >= 11 is 7.11. The molecule has 0 aromatic carbocycles. The summed E-state index contributed by atoms with van der Waals surface area (Å²) in [6.07, 6.45) is 1.57. The molecule has 0 aliphatic carbocycles. The molecule has 0 atom stereocenters. The van der Waals surface area contributed by atoms with E-state index in [4.69, 9.17) is 16.3 Å². The van der Waals surface area contributed by atoms with E-state index in [0.29, 0.717) is 19.1 Å². The van der Waals surface area contributed by atoms with Gasteiger partial charge in [0.05, 0.1) is 18.6 Å². The molecular weight excluding hydrogens is 246 g/mol. The van der Waals surface area contributed by atoms with Crippen LogP contribution in [0.2, 0.25) is 0 Å². The van der Waals surface area contributed by atoms with Crippen molar-refractivity contribution in [2.45, 2.75) is 0 Å². The van der Waals surface area contributed by atoms with Crippen LogP contribution in [-0.4, -0.2) is 35.6 Å². The third kappa shape index (κ3) is 2.81. The van der Waals surface area contributed by atoms with Gasteiger partial charge in [-0.25, -0.2) is 9.97 Å². The van der Waals surface area contributed by atoms with Crippen LogP contribution in [0.4, 0.5) is 5.82 Å². The molecule has 0 amide bonds. The summed E-state index contributed by atoms with van der Waals surface area (Å²) in [6.45, 7) is 1.93. The molecule has 0 unspecified atom stereocenters. The summed E-state index contributed by atoms with van der Waals surface area (Å²) in [5.41, 5.74) is 0. The lowest BCUT2D eigenvalue weighted by atomic mass is 10.4. The monoisotopic (exact) mass is 257 g/mol. The van der Waals surface area contributed by atoms with E-state index in [-0.39, 0.29) is 0 Å². The Morgan fingerprint density at radius 3 is 3.19 bits per heavy atom. The van der Waals surface area contributed by atoms with Crippen molar-refractivity contribution in [3.63, 3.8) is 0 Å². The quantitative estimate of drug-likeness (QED) is 0.638. The van der Waals surface area contributed by atoms with E-state index >= 15 is 0 Å². The van der Waals surface area contributed by atoms with Gasteiger partial charge in [0, 0.05) is 12.4 Å². The summed E-state index contributed by atoms with van der Waals surface area (Å²) in [5, 5.41) is 6.29. The summed E-state index contributed by atoms with van der Waals surface area (Å²) in [6, 6.07) is 2.02. The summed E-state index contributed by atoms with van der Waals surface area (Å²) in [4.78, 5) is 9.38. The van der Waals surface area contributed by atoms with Crippen molar-refractivity contribution in [2.75, 3.05) is 31.0 Å². The molecule has 0 saturated carbocycles. The van der Waals surface area contributed by atoms with Gasteiger partial charge in [-0.2, -0.15) is 0 Å². The van der Waals surface area contributed by atoms with Gasteiger partial charge in [0.1, 0.15) is 17.0 Å². The van der Waals surface area contributed by atoms with E-state index in [9.17, 15) is 0 Å². The smallest absolute Gasteiger partial charge is 0.138 e. The molecule has 1 N–H and O–H groups in total. The maximum atomic E-state index is 5.50. The van der Waals surface area contributed by atoms with Gasteiger partial charge in [0.25, 0.3) is 0 Å². The number of halogens is 1. The number of hydrogen-bond acceptors (Lipinski definition) is 5. The third-order valence-corrected chi connectivity index (χ3v) is 3.00. The SMILES string of the molecule is ClCCOCCNc1ncnc2sccc12. The van der Waals surface area contributed by atoms with Crippen LogP contribution in [0.1, 0.15) is 0 Å². The highest BCUT2D eigenvalue weighted by atomic mass is 35.5. The first-order valence-electron chi connectivity index (χ1n) is 4.97. The average molecular weight is 258 g/mol. The van der Waals surface area contributed by atoms with Crippen molar-refractivity contribution in [3.05, 3.63) is 17.8 Å². The zero-order valence-electron chi connectivity index (χ0n) is 8.65. The van der Waals surface area contributed by atoms with E-state index in [1.807, 2.05) is 11.4 Å². The number of anilines is 1. The molecule has 16 heavy (non-hydrogen) atoms. The zero-order chi connectivity index (χ0) is 11.2. The van der Waals surface area contributed by atoms with Crippen LogP contribution in [0, 0.1) is 0 Å². The molecule has 0 spiro atoms. The fourth-order valence-electron chi connectivity index (χ4n) is 1.33. The number of fused-ring (bicyclic) bond motifs is 1. The van der Waals surface area contributed by atoms with Crippen LogP contribution in [-0.2, 0) is 4.74 Å². The molecule has 2 aromatic rings. The Hall–Kier alpha value is -0.910. The van der Waals surface area contributed by atoms with E-state index in [1.54, 1.807) is 17.7 Å². The molecule has 0 aliphatic rings. The van der Waals surface area contributed by atoms with Gasteiger partial charge in [0.2, 0.25) is 0 Å². The van der Waals surface area contributed by atoms with Crippen LogP contribution in [0.3, 0.4) is 0 Å². The minimum absolute atomic E-state index is 0.530. The van der Waals surface area contributed by atoms with Gasteiger partial charge in [-0.1, -0.05) is 0 Å². The summed E-state index contributed by atoms with van der Waals surface area (Å²) in [5.74, 6) is 1.39. The second kappa shape index (κ2) is 5.98. The fraction of sp³-hybridized carbons (Fsp3) is 0.400. The first-order chi connectivity index (χ1) is 7.92. The molecular formula is C10H12ClN3OS. The Morgan fingerprint density at radius 2 is 2.31 bits per heavy atom. The normalized spacial score (nSPS) is 10.8. The minimum atomic E-state index is 0.530. The Kier molecular flexibility index (Phi) is 4.33. The first kappa shape index (κ1) is 11.6. The first-order valence-corrected chi connectivity index (χ1v) is 6.39. The van der Waals surface area contributed by atoms with E-state index < -0.39 is 0 Å². The molecule has 0 saturated heterocycles. The van der Waals surface area contributed by atoms with E-state index in [0.717, 1.165) is 22.6 Å². The Labute approximate surface area is 103 Å². The summed E-state index contributed by atoms with van der Waals surface area (Å²) < 4.78 is 5.26. The third-order valence-electron chi connectivity index (χ3n) is 2.02. The molecule has 86 valence electrons. The number of nitrogens with one attached hydrogen (secondary N) is 1. The molecule has 0 fully saturated rings. The Bertz CT molecular complexity index is 448. The molecule has 4 nitrogen and oxygen atoms in total. The van der Waals surface area contributed by atoms with E-state index in [1.165, 1.54) is 0 Å². The van der Waals surface area contributed by atoms with E-state index in [2.05, 4.69) is 15.3 Å². The number of ether oxygens (including phenoxy) is 1. The number of rotatable bonds is 6. The van der Waals surface area contributed by atoms with Gasteiger partial charge in [-0.05, 0) is 11.4 Å². The molecule has 2 aromatic heterocycles. The predicted octanol–water partition coefficient (Wildman–Crippen LogP) is 2.36. The largest absolute Gasteiger partial charge is 0.378 e. The van der Waals surface area contributed by atoms with Crippen LogP contribution < -0.4 is 5.32 Å². The molecule has 2 rings (SSSR count). The second-order valence-electron chi connectivity index (χ2n) is 3.09. The number of hydrogen-bond donors (Lipinski definition) is 1. The van der Waals surface area contributed by atoms with Crippen molar-refractivity contribution < 1.29 is 4.74 Å². The molecule has 0 aliphatic heterocycles. The van der Waals surface area contributed by atoms with Crippen molar-refractivity contribution in [1.29, 1.82) is 0 Å². The molecule has 6 heteroatoms. The molecule has 2 heterocycles. The highest BCUT2D eigenvalue weighted by molar-refractivity contribution is 7.16. The van der Waals surface area contributed by atoms with Crippen molar-refractivity contribution in [3.8, 4) is 0 Å². The van der Waals surface area contributed by atoms with Crippen LogP contribution >= 0.6 is 22.9 Å². The van der Waals surface area contributed by atoms with Crippen molar-refractivity contribution >= 4 is 39.0 Å². The second-order valence-corrected chi connectivity index (χ2v) is 4.36.